The quantitative estimate of drug-likeness (QED) is 0.910. The van der Waals surface area contributed by atoms with Gasteiger partial charge in [0.2, 0.25) is 5.88 Å². The van der Waals surface area contributed by atoms with Crippen molar-refractivity contribution in [3.63, 3.8) is 0 Å². The van der Waals surface area contributed by atoms with Crippen LogP contribution in [0.2, 0.25) is 0 Å². The van der Waals surface area contributed by atoms with Crippen molar-refractivity contribution in [3.8, 4) is 17.7 Å². The minimum Gasteiger partial charge on any atom is -0.478 e. The number of rotatable bonds is 3. The second kappa shape index (κ2) is 5.19. The van der Waals surface area contributed by atoms with Crippen LogP contribution in [0.3, 0.4) is 0 Å². The van der Waals surface area contributed by atoms with Crippen molar-refractivity contribution >= 4 is 5.97 Å². The lowest BCUT2D eigenvalue weighted by Gasteiger charge is -2.09. The molecule has 94 valence electrons. The van der Waals surface area contributed by atoms with Crippen molar-refractivity contribution in [2.45, 2.75) is 6.92 Å². The molecule has 1 aromatic heterocycles. The number of benzene rings is 1. The van der Waals surface area contributed by atoms with E-state index in [0.717, 1.165) is 5.56 Å². The molecule has 0 amide bonds. The summed E-state index contributed by atoms with van der Waals surface area (Å²) < 4.78 is 5.46. The Morgan fingerprint density at radius 1 is 1.42 bits per heavy atom. The molecule has 0 saturated heterocycles. The lowest BCUT2D eigenvalue weighted by atomic mass is 10.1. The molecule has 0 spiro atoms. The Labute approximate surface area is 109 Å². The highest BCUT2D eigenvalue weighted by atomic mass is 16.5. The molecule has 5 nitrogen and oxygen atoms in total. The zero-order chi connectivity index (χ0) is 13.8. The van der Waals surface area contributed by atoms with Gasteiger partial charge in [-0.2, -0.15) is 5.26 Å². The largest absolute Gasteiger partial charge is 0.478 e. The third-order valence-corrected chi connectivity index (χ3v) is 2.47. The highest BCUT2D eigenvalue weighted by Crippen LogP contribution is 2.27. The molecule has 0 unspecified atom stereocenters. The number of nitrogens with zero attached hydrogens (tertiary/aromatic N) is 2. The molecule has 0 radical (unpaired) electrons. The summed E-state index contributed by atoms with van der Waals surface area (Å²) in [7, 11) is 0. The number of aromatic nitrogens is 1. The SMILES string of the molecule is Cc1ccc(C(=O)O)c(Oc2ncccc2C#N)c1. The molecule has 0 aliphatic heterocycles. The Morgan fingerprint density at radius 2 is 2.21 bits per heavy atom. The first-order valence-electron chi connectivity index (χ1n) is 5.48. The van der Waals surface area contributed by atoms with E-state index < -0.39 is 5.97 Å². The minimum absolute atomic E-state index is 0.0279. The predicted octanol–water partition coefficient (Wildman–Crippen LogP) is 2.75. The molecule has 0 bridgehead atoms. The summed E-state index contributed by atoms with van der Waals surface area (Å²) in [6, 6.07) is 9.85. The maximum atomic E-state index is 11.1. The maximum absolute atomic E-state index is 11.1. The van der Waals surface area contributed by atoms with Crippen molar-refractivity contribution in [1.29, 1.82) is 5.26 Å². The van der Waals surface area contributed by atoms with Gasteiger partial charge in [-0.25, -0.2) is 9.78 Å². The van der Waals surface area contributed by atoms with Crippen LogP contribution in [0.4, 0.5) is 0 Å². The first-order valence-corrected chi connectivity index (χ1v) is 5.48. The Kier molecular flexibility index (Phi) is 3.44. The topological polar surface area (TPSA) is 83.2 Å². The van der Waals surface area contributed by atoms with E-state index in [4.69, 9.17) is 15.1 Å². The summed E-state index contributed by atoms with van der Waals surface area (Å²) in [4.78, 5) is 15.0. The predicted molar refractivity (Wildman–Crippen MR) is 67.2 cm³/mol. The molecule has 0 atom stereocenters. The molecule has 0 saturated carbocycles. The molecule has 0 aliphatic rings. The van der Waals surface area contributed by atoms with Gasteiger partial charge in [-0.05, 0) is 36.8 Å². The maximum Gasteiger partial charge on any atom is 0.339 e. The summed E-state index contributed by atoms with van der Waals surface area (Å²) in [5.74, 6) is -0.828. The molecular weight excluding hydrogens is 244 g/mol. The Bertz CT molecular complexity index is 675. The molecule has 2 aromatic rings. The average Bonchev–Trinajstić information content (AvgIpc) is 2.39. The number of aromatic carboxylic acids is 1. The van der Waals surface area contributed by atoms with Gasteiger partial charge in [0.25, 0.3) is 0 Å². The zero-order valence-electron chi connectivity index (χ0n) is 10.1. The Balaban J connectivity index is 2.46. The van der Waals surface area contributed by atoms with Gasteiger partial charge in [0, 0.05) is 6.20 Å². The van der Waals surface area contributed by atoms with Gasteiger partial charge in [-0.3, -0.25) is 0 Å². The molecule has 1 aromatic carbocycles. The number of carboxylic acid groups (broad SMARTS) is 1. The highest BCUT2D eigenvalue weighted by molar-refractivity contribution is 5.91. The molecular formula is C14H10N2O3. The molecule has 1 heterocycles. The van der Waals surface area contributed by atoms with Crippen molar-refractivity contribution in [3.05, 3.63) is 53.2 Å². The van der Waals surface area contributed by atoms with Crippen LogP contribution in [0.5, 0.6) is 11.6 Å². The monoisotopic (exact) mass is 254 g/mol. The fourth-order valence-electron chi connectivity index (χ4n) is 1.55. The van der Waals surface area contributed by atoms with Gasteiger partial charge in [0.15, 0.2) is 0 Å². The van der Waals surface area contributed by atoms with Crippen LogP contribution in [0.25, 0.3) is 0 Å². The van der Waals surface area contributed by atoms with Gasteiger partial charge < -0.3 is 9.84 Å². The van der Waals surface area contributed by atoms with Crippen LogP contribution >= 0.6 is 0 Å². The summed E-state index contributed by atoms with van der Waals surface area (Å²) in [5.41, 5.74) is 1.13. The number of hydrogen-bond donors (Lipinski definition) is 1. The van der Waals surface area contributed by atoms with Gasteiger partial charge in [-0.1, -0.05) is 6.07 Å². The van der Waals surface area contributed by atoms with Crippen molar-refractivity contribution in [2.24, 2.45) is 0 Å². The standard InChI is InChI=1S/C14H10N2O3/c1-9-4-5-11(14(17)18)12(7-9)19-13-10(8-15)3-2-6-16-13/h2-7H,1H3,(H,17,18). The van der Waals surface area contributed by atoms with E-state index in [-0.39, 0.29) is 22.8 Å². The van der Waals surface area contributed by atoms with Crippen LogP contribution in [-0.4, -0.2) is 16.1 Å². The summed E-state index contributed by atoms with van der Waals surface area (Å²) in [6.07, 6.45) is 1.48. The van der Waals surface area contributed by atoms with Gasteiger partial charge in [0.1, 0.15) is 22.9 Å². The van der Waals surface area contributed by atoms with Crippen LogP contribution in [0, 0.1) is 18.3 Å². The van der Waals surface area contributed by atoms with Crippen molar-refractivity contribution < 1.29 is 14.6 Å². The average molecular weight is 254 g/mol. The Hall–Kier alpha value is -2.87. The van der Waals surface area contributed by atoms with E-state index in [9.17, 15) is 4.79 Å². The van der Waals surface area contributed by atoms with E-state index in [1.807, 2.05) is 13.0 Å². The number of pyridine rings is 1. The second-order valence-corrected chi connectivity index (χ2v) is 3.87. The first-order chi connectivity index (χ1) is 9.11. The number of aryl methyl sites for hydroxylation is 1. The molecule has 5 heteroatoms. The van der Waals surface area contributed by atoms with Gasteiger partial charge in [0.05, 0.1) is 0 Å². The van der Waals surface area contributed by atoms with E-state index in [0.29, 0.717) is 0 Å². The second-order valence-electron chi connectivity index (χ2n) is 3.87. The molecule has 0 aliphatic carbocycles. The number of nitriles is 1. The summed E-state index contributed by atoms with van der Waals surface area (Å²) in [5, 5.41) is 18.0. The van der Waals surface area contributed by atoms with E-state index in [1.54, 1.807) is 24.3 Å². The third-order valence-electron chi connectivity index (χ3n) is 2.47. The van der Waals surface area contributed by atoms with E-state index >= 15 is 0 Å². The van der Waals surface area contributed by atoms with Gasteiger partial charge in [-0.15, -0.1) is 0 Å². The molecule has 1 N–H and O–H groups in total. The molecule has 2 rings (SSSR count). The summed E-state index contributed by atoms with van der Waals surface area (Å²) in [6.45, 7) is 1.82. The minimum atomic E-state index is -1.09. The number of hydrogen-bond acceptors (Lipinski definition) is 4. The number of carboxylic acids is 1. The van der Waals surface area contributed by atoms with Crippen LogP contribution in [0.15, 0.2) is 36.5 Å². The summed E-state index contributed by atoms with van der Waals surface area (Å²) >= 11 is 0. The molecule has 19 heavy (non-hydrogen) atoms. The third kappa shape index (κ3) is 2.69. The van der Waals surface area contributed by atoms with Gasteiger partial charge >= 0.3 is 5.97 Å². The zero-order valence-corrected chi connectivity index (χ0v) is 10.1. The van der Waals surface area contributed by atoms with E-state index in [2.05, 4.69) is 4.98 Å². The Morgan fingerprint density at radius 3 is 2.89 bits per heavy atom. The van der Waals surface area contributed by atoms with Crippen LogP contribution in [-0.2, 0) is 0 Å². The normalized spacial score (nSPS) is 9.68. The number of ether oxygens (including phenoxy) is 1. The lowest BCUT2D eigenvalue weighted by molar-refractivity contribution is 0.0694. The van der Waals surface area contributed by atoms with E-state index in [1.165, 1.54) is 12.3 Å². The smallest absolute Gasteiger partial charge is 0.339 e. The fraction of sp³-hybridized carbons (Fsp3) is 0.0714. The highest BCUT2D eigenvalue weighted by Gasteiger charge is 2.14. The lowest BCUT2D eigenvalue weighted by Crippen LogP contribution is -2.01. The fourth-order valence-corrected chi connectivity index (χ4v) is 1.55. The van der Waals surface area contributed by atoms with Crippen LogP contribution < -0.4 is 4.74 Å². The molecule has 0 fully saturated rings. The first kappa shape index (κ1) is 12.6. The van der Waals surface area contributed by atoms with Crippen LogP contribution in [0.1, 0.15) is 21.5 Å². The van der Waals surface area contributed by atoms with Crippen molar-refractivity contribution in [1.82, 2.24) is 4.98 Å². The van der Waals surface area contributed by atoms with Crippen molar-refractivity contribution in [2.75, 3.05) is 0 Å². The number of carbonyl (C=O) groups is 1.